The molecule has 0 aliphatic heterocycles. The molecule has 0 spiro atoms. The molecule has 0 saturated carbocycles. The molecule has 1 aromatic heterocycles. The second-order valence-electron chi connectivity index (χ2n) is 5.94. The second kappa shape index (κ2) is 8.16. The average molecular weight is 347 g/mol. The summed E-state index contributed by atoms with van der Waals surface area (Å²) in [5, 5.41) is 6.08. The van der Waals surface area contributed by atoms with E-state index in [0.717, 1.165) is 28.3 Å². The Morgan fingerprint density at radius 1 is 1.04 bits per heavy atom. The Hall–Kier alpha value is -3.34. The van der Waals surface area contributed by atoms with E-state index in [0.29, 0.717) is 12.2 Å². The molecule has 1 heterocycles. The SMILES string of the molecule is COc1cccc(Nc2ccc(NC(=O)Cc3ccccc3C)nc2)c1. The Bertz CT molecular complexity index is 892. The van der Waals surface area contributed by atoms with E-state index in [4.69, 9.17) is 4.74 Å². The fourth-order valence-electron chi connectivity index (χ4n) is 2.58. The van der Waals surface area contributed by atoms with Crippen LogP contribution in [0.4, 0.5) is 17.2 Å². The van der Waals surface area contributed by atoms with Crippen molar-refractivity contribution in [3.63, 3.8) is 0 Å². The van der Waals surface area contributed by atoms with Crippen LogP contribution in [0.15, 0.2) is 66.9 Å². The van der Waals surface area contributed by atoms with Crippen molar-refractivity contribution in [3.05, 3.63) is 78.0 Å². The van der Waals surface area contributed by atoms with Gasteiger partial charge in [0.25, 0.3) is 0 Å². The minimum Gasteiger partial charge on any atom is -0.497 e. The highest BCUT2D eigenvalue weighted by Crippen LogP contribution is 2.21. The number of amides is 1. The molecule has 5 heteroatoms. The van der Waals surface area contributed by atoms with Gasteiger partial charge in [-0.05, 0) is 42.3 Å². The molecule has 1 amide bonds. The van der Waals surface area contributed by atoms with Gasteiger partial charge in [0.2, 0.25) is 5.91 Å². The van der Waals surface area contributed by atoms with Gasteiger partial charge < -0.3 is 15.4 Å². The fraction of sp³-hybridized carbons (Fsp3) is 0.143. The number of anilines is 3. The zero-order valence-electron chi connectivity index (χ0n) is 14.8. The van der Waals surface area contributed by atoms with Gasteiger partial charge in [-0.1, -0.05) is 30.3 Å². The number of carbonyl (C=O) groups is 1. The van der Waals surface area contributed by atoms with Crippen LogP contribution in [0.25, 0.3) is 0 Å². The zero-order valence-corrected chi connectivity index (χ0v) is 14.8. The molecule has 3 rings (SSSR count). The van der Waals surface area contributed by atoms with Gasteiger partial charge in [-0.15, -0.1) is 0 Å². The van der Waals surface area contributed by atoms with Crippen LogP contribution in [0.3, 0.4) is 0 Å². The van der Waals surface area contributed by atoms with Crippen LogP contribution in [0.5, 0.6) is 5.75 Å². The van der Waals surface area contributed by atoms with Crippen molar-refractivity contribution in [3.8, 4) is 5.75 Å². The Labute approximate surface area is 153 Å². The molecule has 3 aromatic rings. The number of aryl methyl sites for hydroxylation is 1. The molecule has 0 unspecified atom stereocenters. The molecule has 0 fully saturated rings. The van der Waals surface area contributed by atoms with E-state index in [2.05, 4.69) is 15.6 Å². The van der Waals surface area contributed by atoms with E-state index < -0.39 is 0 Å². The van der Waals surface area contributed by atoms with Gasteiger partial charge in [0, 0.05) is 11.8 Å². The number of nitrogens with zero attached hydrogens (tertiary/aromatic N) is 1. The predicted molar refractivity (Wildman–Crippen MR) is 104 cm³/mol. The number of benzene rings is 2. The Morgan fingerprint density at radius 3 is 2.62 bits per heavy atom. The lowest BCUT2D eigenvalue weighted by atomic mass is 10.1. The molecule has 2 N–H and O–H groups in total. The summed E-state index contributed by atoms with van der Waals surface area (Å²) in [4.78, 5) is 16.5. The largest absolute Gasteiger partial charge is 0.497 e. The molecule has 0 aliphatic rings. The van der Waals surface area contributed by atoms with Crippen molar-refractivity contribution in [2.75, 3.05) is 17.7 Å². The molecular formula is C21H21N3O2. The summed E-state index contributed by atoms with van der Waals surface area (Å²) in [5.41, 5.74) is 3.85. The minimum atomic E-state index is -0.0831. The first-order valence-corrected chi connectivity index (χ1v) is 8.35. The van der Waals surface area contributed by atoms with E-state index in [-0.39, 0.29) is 5.91 Å². The van der Waals surface area contributed by atoms with Gasteiger partial charge >= 0.3 is 0 Å². The van der Waals surface area contributed by atoms with Gasteiger partial charge in [0.05, 0.1) is 25.4 Å². The van der Waals surface area contributed by atoms with Crippen molar-refractivity contribution in [1.29, 1.82) is 0 Å². The summed E-state index contributed by atoms with van der Waals surface area (Å²) in [6, 6.07) is 19.2. The van der Waals surface area contributed by atoms with Gasteiger partial charge in [-0.25, -0.2) is 4.98 Å². The second-order valence-corrected chi connectivity index (χ2v) is 5.94. The fourth-order valence-corrected chi connectivity index (χ4v) is 2.58. The highest BCUT2D eigenvalue weighted by Gasteiger charge is 2.07. The highest BCUT2D eigenvalue weighted by molar-refractivity contribution is 5.91. The summed E-state index contributed by atoms with van der Waals surface area (Å²) in [7, 11) is 1.63. The van der Waals surface area contributed by atoms with Crippen molar-refractivity contribution in [2.24, 2.45) is 0 Å². The summed E-state index contributed by atoms with van der Waals surface area (Å²) in [5.74, 6) is 1.23. The van der Waals surface area contributed by atoms with Crippen molar-refractivity contribution in [2.45, 2.75) is 13.3 Å². The van der Waals surface area contributed by atoms with Crippen LogP contribution >= 0.6 is 0 Å². The molecule has 0 radical (unpaired) electrons. The third-order valence-corrected chi connectivity index (χ3v) is 4.00. The summed E-state index contributed by atoms with van der Waals surface area (Å²) < 4.78 is 5.21. The first-order valence-electron chi connectivity index (χ1n) is 8.35. The Morgan fingerprint density at radius 2 is 1.88 bits per heavy atom. The van der Waals surface area contributed by atoms with Gasteiger partial charge in [-0.3, -0.25) is 4.79 Å². The maximum absolute atomic E-state index is 12.2. The average Bonchev–Trinajstić information content (AvgIpc) is 2.65. The van der Waals surface area contributed by atoms with Gasteiger partial charge in [0.15, 0.2) is 0 Å². The molecule has 26 heavy (non-hydrogen) atoms. The quantitative estimate of drug-likeness (QED) is 0.697. The summed E-state index contributed by atoms with van der Waals surface area (Å²) in [6.45, 7) is 2.00. The summed E-state index contributed by atoms with van der Waals surface area (Å²) >= 11 is 0. The van der Waals surface area contributed by atoms with Gasteiger partial charge in [0.1, 0.15) is 11.6 Å². The standard InChI is InChI=1S/C21H21N3O2/c1-15-6-3-4-7-16(15)12-21(25)24-20-11-10-18(14-22-20)23-17-8-5-9-19(13-17)26-2/h3-11,13-14,23H,12H2,1-2H3,(H,22,24,25). The predicted octanol–water partition coefficient (Wildman–Crippen LogP) is 4.32. The lowest BCUT2D eigenvalue weighted by Gasteiger charge is -2.09. The molecule has 5 nitrogen and oxygen atoms in total. The number of ether oxygens (including phenoxy) is 1. The molecule has 132 valence electrons. The van der Waals surface area contributed by atoms with Crippen molar-refractivity contribution >= 4 is 23.1 Å². The molecule has 0 saturated heterocycles. The van der Waals surface area contributed by atoms with E-state index in [9.17, 15) is 4.79 Å². The van der Waals surface area contributed by atoms with E-state index >= 15 is 0 Å². The minimum absolute atomic E-state index is 0.0831. The van der Waals surface area contributed by atoms with Crippen LogP contribution in [0, 0.1) is 6.92 Å². The first kappa shape index (κ1) is 17.5. The lowest BCUT2D eigenvalue weighted by molar-refractivity contribution is -0.115. The number of rotatable bonds is 6. The number of pyridine rings is 1. The zero-order chi connectivity index (χ0) is 18.4. The van der Waals surface area contributed by atoms with E-state index in [1.807, 2.05) is 61.5 Å². The third kappa shape index (κ3) is 4.60. The van der Waals surface area contributed by atoms with Crippen LogP contribution < -0.4 is 15.4 Å². The normalized spacial score (nSPS) is 10.2. The van der Waals surface area contributed by atoms with E-state index in [1.165, 1.54) is 0 Å². The number of aromatic nitrogens is 1. The number of methoxy groups -OCH3 is 1. The molecule has 0 aliphatic carbocycles. The van der Waals surface area contributed by atoms with Crippen LogP contribution in [0.2, 0.25) is 0 Å². The van der Waals surface area contributed by atoms with E-state index in [1.54, 1.807) is 19.4 Å². The molecule has 0 atom stereocenters. The smallest absolute Gasteiger partial charge is 0.229 e. The number of hydrogen-bond acceptors (Lipinski definition) is 4. The number of carbonyl (C=O) groups excluding carboxylic acids is 1. The Kier molecular flexibility index (Phi) is 5.49. The van der Waals surface area contributed by atoms with Gasteiger partial charge in [-0.2, -0.15) is 0 Å². The number of hydrogen-bond donors (Lipinski definition) is 2. The highest BCUT2D eigenvalue weighted by atomic mass is 16.5. The van der Waals surface area contributed by atoms with Crippen LogP contribution in [0.1, 0.15) is 11.1 Å². The third-order valence-electron chi connectivity index (χ3n) is 4.00. The van der Waals surface area contributed by atoms with Crippen LogP contribution in [-0.4, -0.2) is 18.0 Å². The lowest BCUT2D eigenvalue weighted by Crippen LogP contribution is -2.15. The summed E-state index contributed by atoms with van der Waals surface area (Å²) in [6.07, 6.45) is 2.01. The maximum Gasteiger partial charge on any atom is 0.229 e. The van der Waals surface area contributed by atoms with Crippen molar-refractivity contribution < 1.29 is 9.53 Å². The Balaban J connectivity index is 1.60. The van der Waals surface area contributed by atoms with Crippen LogP contribution in [-0.2, 0) is 11.2 Å². The monoisotopic (exact) mass is 347 g/mol. The first-order chi connectivity index (χ1) is 12.6. The molecule has 0 bridgehead atoms. The molecular weight excluding hydrogens is 326 g/mol. The molecule has 2 aromatic carbocycles. The maximum atomic E-state index is 12.2. The number of nitrogens with one attached hydrogen (secondary N) is 2. The van der Waals surface area contributed by atoms with Crippen molar-refractivity contribution in [1.82, 2.24) is 4.98 Å². The topological polar surface area (TPSA) is 63.2 Å².